The van der Waals surface area contributed by atoms with Crippen LogP contribution in [-0.2, 0) is 14.3 Å². The maximum atomic E-state index is 12.6. The lowest BCUT2D eigenvalue weighted by Crippen LogP contribution is -2.50. The fourth-order valence-corrected chi connectivity index (χ4v) is 2.43. The summed E-state index contributed by atoms with van der Waals surface area (Å²) in [6, 6.07) is -0.467. The molecule has 1 rings (SSSR count). The Morgan fingerprint density at radius 2 is 2.05 bits per heavy atom. The molecule has 3 unspecified atom stereocenters. The van der Waals surface area contributed by atoms with Gasteiger partial charge in [0.05, 0.1) is 6.61 Å². The molecule has 1 aliphatic rings. The van der Waals surface area contributed by atoms with Gasteiger partial charge in [0.25, 0.3) is 0 Å². The van der Waals surface area contributed by atoms with Crippen molar-refractivity contribution in [2.45, 2.75) is 59.0 Å². The highest BCUT2D eigenvalue weighted by Gasteiger charge is 2.35. The first-order chi connectivity index (χ1) is 9.51. The molecule has 20 heavy (non-hydrogen) atoms. The van der Waals surface area contributed by atoms with E-state index in [1.807, 2.05) is 20.8 Å². The molecule has 1 fully saturated rings. The first-order valence-corrected chi connectivity index (χ1v) is 7.68. The Kier molecular flexibility index (Phi) is 6.99. The van der Waals surface area contributed by atoms with Gasteiger partial charge in [-0.05, 0) is 19.3 Å². The van der Waals surface area contributed by atoms with Crippen molar-refractivity contribution >= 4 is 11.8 Å². The Morgan fingerprint density at radius 3 is 2.65 bits per heavy atom. The molecule has 116 valence electrons. The standard InChI is InChI=1S/C15H28N2O3/c1-5-8-20-9-7-17-12(4)10-13(18)16-14(15(17)19)11(3)6-2/h11-12,14H,5-10H2,1-4H3,(H,16,18). The summed E-state index contributed by atoms with van der Waals surface area (Å²) in [5.41, 5.74) is 0. The molecular weight excluding hydrogens is 256 g/mol. The number of nitrogens with zero attached hydrogens (tertiary/aromatic N) is 1. The maximum absolute atomic E-state index is 12.6. The number of amides is 2. The van der Waals surface area contributed by atoms with Crippen molar-refractivity contribution in [1.29, 1.82) is 0 Å². The molecule has 5 heteroatoms. The van der Waals surface area contributed by atoms with Crippen LogP contribution in [0.3, 0.4) is 0 Å². The van der Waals surface area contributed by atoms with Gasteiger partial charge in [0.15, 0.2) is 0 Å². The molecule has 1 heterocycles. The summed E-state index contributed by atoms with van der Waals surface area (Å²) in [4.78, 5) is 26.3. The van der Waals surface area contributed by atoms with E-state index in [-0.39, 0.29) is 23.8 Å². The number of rotatable bonds is 7. The van der Waals surface area contributed by atoms with Crippen LogP contribution in [-0.4, -0.2) is 48.6 Å². The molecule has 2 amide bonds. The van der Waals surface area contributed by atoms with Gasteiger partial charge in [-0.25, -0.2) is 0 Å². The highest BCUT2D eigenvalue weighted by Crippen LogP contribution is 2.17. The van der Waals surface area contributed by atoms with Gasteiger partial charge in [0.2, 0.25) is 11.8 Å². The van der Waals surface area contributed by atoms with Crippen LogP contribution in [0.1, 0.15) is 47.0 Å². The second kappa shape index (κ2) is 8.25. The van der Waals surface area contributed by atoms with Gasteiger partial charge in [-0.15, -0.1) is 0 Å². The summed E-state index contributed by atoms with van der Waals surface area (Å²) in [5, 5.41) is 2.87. The average Bonchev–Trinajstić information content (AvgIpc) is 2.52. The second-order valence-corrected chi connectivity index (χ2v) is 5.63. The first kappa shape index (κ1) is 17.0. The zero-order valence-corrected chi connectivity index (χ0v) is 13.1. The number of hydrogen-bond donors (Lipinski definition) is 1. The maximum Gasteiger partial charge on any atom is 0.245 e. The van der Waals surface area contributed by atoms with Gasteiger partial charge in [0, 0.05) is 25.6 Å². The van der Waals surface area contributed by atoms with E-state index in [1.165, 1.54) is 0 Å². The van der Waals surface area contributed by atoms with Gasteiger partial charge in [-0.2, -0.15) is 0 Å². The molecule has 0 spiro atoms. The van der Waals surface area contributed by atoms with Crippen LogP contribution in [0, 0.1) is 5.92 Å². The minimum Gasteiger partial charge on any atom is -0.380 e. The highest BCUT2D eigenvalue weighted by atomic mass is 16.5. The van der Waals surface area contributed by atoms with Gasteiger partial charge in [-0.3, -0.25) is 9.59 Å². The number of carbonyl (C=O) groups is 2. The van der Waals surface area contributed by atoms with Crippen LogP contribution < -0.4 is 5.32 Å². The number of nitrogens with one attached hydrogen (secondary N) is 1. The van der Waals surface area contributed by atoms with E-state index in [0.717, 1.165) is 12.8 Å². The zero-order valence-electron chi connectivity index (χ0n) is 13.1. The fourth-order valence-electron chi connectivity index (χ4n) is 2.43. The largest absolute Gasteiger partial charge is 0.380 e. The molecule has 1 saturated heterocycles. The van der Waals surface area contributed by atoms with Crippen molar-refractivity contribution in [2.75, 3.05) is 19.8 Å². The van der Waals surface area contributed by atoms with Crippen molar-refractivity contribution < 1.29 is 14.3 Å². The molecule has 0 aromatic rings. The normalized spacial score (nSPS) is 25.3. The predicted octanol–water partition coefficient (Wildman–Crippen LogP) is 1.56. The van der Waals surface area contributed by atoms with Gasteiger partial charge in [-0.1, -0.05) is 27.2 Å². The Morgan fingerprint density at radius 1 is 1.35 bits per heavy atom. The molecule has 3 atom stereocenters. The van der Waals surface area contributed by atoms with Crippen LogP contribution >= 0.6 is 0 Å². The zero-order chi connectivity index (χ0) is 15.1. The molecule has 1 N–H and O–H groups in total. The second-order valence-electron chi connectivity index (χ2n) is 5.63. The first-order valence-electron chi connectivity index (χ1n) is 7.68. The molecule has 5 nitrogen and oxygen atoms in total. The lowest BCUT2D eigenvalue weighted by molar-refractivity contribution is -0.137. The van der Waals surface area contributed by atoms with Crippen molar-refractivity contribution in [1.82, 2.24) is 10.2 Å². The SMILES string of the molecule is CCCOCCN1C(=O)C(C(C)CC)NC(=O)CC1C. The summed E-state index contributed by atoms with van der Waals surface area (Å²) in [7, 11) is 0. The van der Waals surface area contributed by atoms with Crippen LogP contribution in [0.2, 0.25) is 0 Å². The molecule has 1 aliphatic heterocycles. The topological polar surface area (TPSA) is 58.6 Å². The minimum atomic E-state index is -0.399. The van der Waals surface area contributed by atoms with E-state index in [0.29, 0.717) is 26.2 Å². The van der Waals surface area contributed by atoms with Gasteiger partial charge < -0.3 is 15.0 Å². The number of hydrogen-bond acceptors (Lipinski definition) is 3. The third-order valence-electron chi connectivity index (χ3n) is 3.92. The third-order valence-corrected chi connectivity index (χ3v) is 3.92. The minimum absolute atomic E-state index is 0.0257. The molecule has 0 aromatic heterocycles. The average molecular weight is 284 g/mol. The molecule has 0 aromatic carbocycles. The Bertz CT molecular complexity index is 333. The Labute approximate surface area is 122 Å². The summed E-state index contributed by atoms with van der Waals surface area (Å²) in [6.07, 6.45) is 2.21. The van der Waals surface area contributed by atoms with E-state index in [1.54, 1.807) is 4.90 Å². The predicted molar refractivity (Wildman–Crippen MR) is 78.3 cm³/mol. The number of carbonyl (C=O) groups excluding carboxylic acids is 2. The number of ether oxygens (including phenoxy) is 1. The van der Waals surface area contributed by atoms with Crippen molar-refractivity contribution in [3.63, 3.8) is 0 Å². The lowest BCUT2D eigenvalue weighted by Gasteiger charge is -2.30. The monoisotopic (exact) mass is 284 g/mol. The third kappa shape index (κ3) is 4.47. The molecule has 0 bridgehead atoms. The molecule has 0 radical (unpaired) electrons. The smallest absolute Gasteiger partial charge is 0.245 e. The lowest BCUT2D eigenvalue weighted by atomic mass is 9.98. The Hall–Kier alpha value is -1.10. The molecule has 0 saturated carbocycles. The highest BCUT2D eigenvalue weighted by molar-refractivity contribution is 5.90. The van der Waals surface area contributed by atoms with Crippen LogP contribution in [0.25, 0.3) is 0 Å². The van der Waals surface area contributed by atoms with E-state index < -0.39 is 6.04 Å². The van der Waals surface area contributed by atoms with E-state index in [4.69, 9.17) is 4.74 Å². The summed E-state index contributed by atoms with van der Waals surface area (Å²) < 4.78 is 5.47. The van der Waals surface area contributed by atoms with Crippen LogP contribution in [0.4, 0.5) is 0 Å². The molecular formula is C15H28N2O3. The Balaban J connectivity index is 2.72. The quantitative estimate of drug-likeness (QED) is 0.722. The summed E-state index contributed by atoms with van der Waals surface area (Å²) >= 11 is 0. The summed E-state index contributed by atoms with van der Waals surface area (Å²) in [5.74, 6) is 0.140. The van der Waals surface area contributed by atoms with Crippen LogP contribution in [0.15, 0.2) is 0 Å². The van der Waals surface area contributed by atoms with Gasteiger partial charge in [0.1, 0.15) is 6.04 Å². The molecule has 0 aliphatic carbocycles. The van der Waals surface area contributed by atoms with E-state index in [2.05, 4.69) is 12.2 Å². The van der Waals surface area contributed by atoms with Gasteiger partial charge >= 0.3 is 0 Å². The van der Waals surface area contributed by atoms with E-state index >= 15 is 0 Å². The van der Waals surface area contributed by atoms with E-state index in [9.17, 15) is 9.59 Å². The van der Waals surface area contributed by atoms with Crippen molar-refractivity contribution in [2.24, 2.45) is 5.92 Å². The summed E-state index contributed by atoms with van der Waals surface area (Å²) in [6.45, 7) is 9.82. The van der Waals surface area contributed by atoms with Crippen LogP contribution in [0.5, 0.6) is 0 Å². The van der Waals surface area contributed by atoms with Crippen molar-refractivity contribution in [3.05, 3.63) is 0 Å². The fraction of sp³-hybridized carbons (Fsp3) is 0.867. The van der Waals surface area contributed by atoms with Crippen molar-refractivity contribution in [3.8, 4) is 0 Å².